The topological polar surface area (TPSA) is 65.3 Å². The van der Waals surface area contributed by atoms with Crippen molar-refractivity contribution in [2.75, 3.05) is 10.0 Å². The molecule has 0 atom stereocenters. The number of anilines is 2. The molecule has 3 rings (SSSR count). The van der Waals surface area contributed by atoms with Gasteiger partial charge in [0.25, 0.3) is 0 Å². The van der Waals surface area contributed by atoms with E-state index in [9.17, 15) is 9.81 Å². The minimum absolute atomic E-state index is 0.413. The van der Waals surface area contributed by atoms with Crippen LogP contribution in [0.3, 0.4) is 0 Å². The van der Waals surface area contributed by atoms with E-state index in [1.165, 1.54) is 69.9 Å². The molecule has 2 aliphatic carbocycles. The second-order valence-corrected chi connectivity index (χ2v) is 6.96. The molecule has 2 saturated carbocycles. The molecule has 0 N–H and O–H groups in total. The molecule has 0 saturated heterocycles. The molecular weight excluding hydrogens is 304 g/mol. The maximum Gasteiger partial charge on any atom is 0.0924 e. The highest BCUT2D eigenvalue weighted by Gasteiger charge is 2.29. The summed E-state index contributed by atoms with van der Waals surface area (Å²) in [4.78, 5) is 23.9. The Balaban J connectivity index is 1.83. The Labute approximate surface area is 143 Å². The molecule has 0 radical (unpaired) electrons. The van der Waals surface area contributed by atoms with E-state index in [0.29, 0.717) is 22.9 Å². The Morgan fingerprint density at radius 2 is 1.08 bits per heavy atom. The van der Waals surface area contributed by atoms with E-state index in [-0.39, 0.29) is 0 Å². The van der Waals surface area contributed by atoms with E-state index >= 15 is 0 Å². The van der Waals surface area contributed by atoms with E-state index in [0.717, 1.165) is 0 Å². The van der Waals surface area contributed by atoms with Crippen molar-refractivity contribution < 1.29 is 0 Å². The fourth-order valence-electron chi connectivity index (χ4n) is 4.31. The molecule has 24 heavy (non-hydrogen) atoms. The fraction of sp³-hybridized carbons (Fsp3) is 0.667. The van der Waals surface area contributed by atoms with E-state index in [1.807, 2.05) is 12.1 Å². The van der Waals surface area contributed by atoms with E-state index in [4.69, 9.17) is 0 Å². The Morgan fingerprint density at radius 3 is 1.50 bits per heavy atom. The number of nitrogens with zero attached hydrogens (tertiary/aromatic N) is 4. The molecule has 0 bridgehead atoms. The SMILES string of the molecule is O=NN(N=O)c1ccc(N(C2CCCCC2)C2CCCCC2)cc1. The van der Waals surface area contributed by atoms with Gasteiger partial charge in [-0.05, 0) is 49.9 Å². The molecule has 6 heteroatoms. The van der Waals surface area contributed by atoms with Crippen molar-refractivity contribution >= 4 is 11.4 Å². The van der Waals surface area contributed by atoms with Crippen LogP contribution in [-0.4, -0.2) is 12.1 Å². The largest absolute Gasteiger partial charge is 0.366 e. The van der Waals surface area contributed by atoms with E-state index in [2.05, 4.69) is 15.5 Å². The van der Waals surface area contributed by atoms with Gasteiger partial charge in [0.1, 0.15) is 0 Å². The lowest BCUT2D eigenvalue weighted by molar-refractivity contribution is 0.340. The molecule has 0 aliphatic heterocycles. The van der Waals surface area contributed by atoms with Crippen LogP contribution in [0.15, 0.2) is 34.8 Å². The molecule has 0 aromatic heterocycles. The van der Waals surface area contributed by atoms with Gasteiger partial charge in [-0.3, -0.25) is 0 Å². The molecule has 130 valence electrons. The second-order valence-electron chi connectivity index (χ2n) is 6.96. The van der Waals surface area contributed by atoms with Crippen molar-refractivity contribution in [3.8, 4) is 0 Å². The monoisotopic (exact) mass is 330 g/mol. The van der Waals surface area contributed by atoms with Crippen molar-refractivity contribution in [3.05, 3.63) is 34.1 Å². The Morgan fingerprint density at radius 1 is 0.667 bits per heavy atom. The first-order valence-corrected chi connectivity index (χ1v) is 9.18. The zero-order valence-corrected chi connectivity index (χ0v) is 14.1. The van der Waals surface area contributed by atoms with E-state index < -0.39 is 0 Å². The predicted octanol–water partition coefficient (Wildman–Crippen LogP) is 5.33. The molecule has 2 fully saturated rings. The van der Waals surface area contributed by atoms with Gasteiger partial charge < -0.3 is 4.90 Å². The molecule has 0 amide bonds. The summed E-state index contributed by atoms with van der Waals surface area (Å²) in [7, 11) is 0. The molecule has 1 aromatic rings. The van der Waals surface area contributed by atoms with Crippen molar-refractivity contribution in [1.82, 2.24) is 0 Å². The standard InChI is InChI=1S/C18H26N4O2/c23-19-22(20-24)18-13-11-17(12-14-18)21(15-7-3-1-4-8-15)16-9-5-2-6-10-16/h11-16H,1-10H2. The summed E-state index contributed by atoms with van der Waals surface area (Å²) in [6.45, 7) is 0. The average Bonchev–Trinajstić information content (AvgIpc) is 2.66. The minimum Gasteiger partial charge on any atom is -0.366 e. The first-order chi connectivity index (χ1) is 11.8. The van der Waals surface area contributed by atoms with Gasteiger partial charge in [0, 0.05) is 17.8 Å². The lowest BCUT2D eigenvalue weighted by atomic mass is 9.88. The summed E-state index contributed by atoms with van der Waals surface area (Å²) in [5, 5.41) is 5.82. The van der Waals surface area contributed by atoms with Crippen LogP contribution in [0, 0.1) is 9.81 Å². The summed E-state index contributed by atoms with van der Waals surface area (Å²) in [6, 6.07) is 8.74. The summed E-state index contributed by atoms with van der Waals surface area (Å²) in [5.74, 6) is 0. The number of hydrogen-bond donors (Lipinski definition) is 0. The van der Waals surface area contributed by atoms with Crippen LogP contribution in [0.2, 0.25) is 0 Å². The molecule has 6 nitrogen and oxygen atoms in total. The van der Waals surface area contributed by atoms with Gasteiger partial charge in [0.15, 0.2) is 0 Å². The van der Waals surface area contributed by atoms with Gasteiger partial charge in [-0.15, -0.1) is 9.81 Å². The summed E-state index contributed by atoms with van der Waals surface area (Å²) in [6.07, 6.45) is 13.0. The highest BCUT2D eigenvalue weighted by atomic mass is 16.4. The molecule has 0 heterocycles. The van der Waals surface area contributed by atoms with Crippen LogP contribution < -0.4 is 10.0 Å². The Bertz CT molecular complexity index is 510. The molecule has 0 unspecified atom stereocenters. The summed E-state index contributed by atoms with van der Waals surface area (Å²) >= 11 is 0. The highest BCUT2D eigenvalue weighted by molar-refractivity contribution is 5.56. The van der Waals surface area contributed by atoms with Crippen molar-refractivity contribution in [2.45, 2.75) is 76.3 Å². The minimum atomic E-state index is 0.413. The van der Waals surface area contributed by atoms with Crippen molar-refractivity contribution in [2.24, 2.45) is 10.6 Å². The summed E-state index contributed by atoms with van der Waals surface area (Å²) in [5.41, 5.74) is 1.60. The quantitative estimate of drug-likeness (QED) is 0.522. The smallest absolute Gasteiger partial charge is 0.0924 e. The lowest BCUT2D eigenvalue weighted by Gasteiger charge is -2.43. The zero-order chi connectivity index (χ0) is 16.8. The van der Waals surface area contributed by atoms with Gasteiger partial charge in [0.2, 0.25) is 0 Å². The third kappa shape index (κ3) is 3.74. The van der Waals surface area contributed by atoms with Crippen LogP contribution in [0.5, 0.6) is 0 Å². The predicted molar refractivity (Wildman–Crippen MR) is 96.7 cm³/mol. The zero-order valence-electron chi connectivity index (χ0n) is 14.1. The molecule has 0 spiro atoms. The van der Waals surface area contributed by atoms with Crippen LogP contribution in [0.1, 0.15) is 64.2 Å². The van der Waals surface area contributed by atoms with Crippen molar-refractivity contribution in [1.29, 1.82) is 0 Å². The van der Waals surface area contributed by atoms with Crippen LogP contribution in [0.25, 0.3) is 0 Å². The van der Waals surface area contributed by atoms with Crippen LogP contribution in [0.4, 0.5) is 11.4 Å². The van der Waals surface area contributed by atoms with Crippen molar-refractivity contribution in [3.63, 3.8) is 0 Å². The fourth-order valence-corrected chi connectivity index (χ4v) is 4.31. The number of rotatable bonds is 6. The molecule has 2 aliphatic rings. The van der Waals surface area contributed by atoms with Gasteiger partial charge >= 0.3 is 0 Å². The third-order valence-corrected chi connectivity index (χ3v) is 5.47. The van der Waals surface area contributed by atoms with Gasteiger partial charge in [-0.25, -0.2) is 0 Å². The van der Waals surface area contributed by atoms with E-state index in [1.54, 1.807) is 12.1 Å². The Hall–Kier alpha value is -1.98. The molecule has 1 aromatic carbocycles. The lowest BCUT2D eigenvalue weighted by Crippen LogP contribution is -2.45. The van der Waals surface area contributed by atoms with Gasteiger partial charge in [-0.1, -0.05) is 43.6 Å². The van der Waals surface area contributed by atoms with Crippen LogP contribution in [-0.2, 0) is 0 Å². The summed E-state index contributed by atoms with van der Waals surface area (Å²) < 4.78 is 0. The number of benzene rings is 1. The second kappa shape index (κ2) is 8.22. The molecular formula is C18H26N4O2. The number of nitroso groups, excluding NO2 is 2. The third-order valence-electron chi connectivity index (χ3n) is 5.47. The van der Waals surface area contributed by atoms with Gasteiger partial charge in [0.05, 0.1) is 16.3 Å². The van der Waals surface area contributed by atoms with Crippen LogP contribution >= 0.6 is 0 Å². The number of hydrogen-bond acceptors (Lipinski definition) is 5. The normalized spacial score (nSPS) is 19.7. The maximum atomic E-state index is 10.6. The first-order valence-electron chi connectivity index (χ1n) is 9.18. The Kier molecular flexibility index (Phi) is 5.77. The maximum absolute atomic E-state index is 10.6. The average molecular weight is 330 g/mol. The highest BCUT2D eigenvalue weighted by Crippen LogP contribution is 2.35. The first kappa shape index (κ1) is 16.9. The van der Waals surface area contributed by atoms with Gasteiger partial charge in [-0.2, -0.15) is 0 Å².